The van der Waals surface area contributed by atoms with Gasteiger partial charge in [0, 0.05) is 15.4 Å². The summed E-state index contributed by atoms with van der Waals surface area (Å²) in [5.41, 5.74) is 2.15. The Labute approximate surface area is 159 Å². The molecule has 0 aliphatic heterocycles. The Hall–Kier alpha value is -2.16. The molecule has 3 N–H and O–H groups in total. The smallest absolute Gasteiger partial charge is 0.287 e. The molecule has 0 spiro atoms. The van der Waals surface area contributed by atoms with Gasteiger partial charge in [0.15, 0.2) is 5.76 Å². The molecular formula is C18H17BrN2O4S. The van der Waals surface area contributed by atoms with Crippen molar-refractivity contribution in [2.45, 2.75) is 24.8 Å². The average Bonchev–Trinajstić information content (AvgIpc) is 2.91. The SMILES string of the molecule is Cc1c(C(=O)NC(C)c2ccc(S(N)(=O)=O)cc2)oc2ccc(Br)cc12. The maximum atomic E-state index is 12.6. The number of carbonyl (C=O) groups is 1. The molecule has 0 saturated heterocycles. The topological polar surface area (TPSA) is 102 Å². The zero-order valence-corrected chi connectivity index (χ0v) is 16.5. The van der Waals surface area contributed by atoms with Crippen LogP contribution in [0.4, 0.5) is 0 Å². The molecule has 8 heteroatoms. The number of rotatable bonds is 4. The number of hydrogen-bond acceptors (Lipinski definition) is 4. The number of carbonyl (C=O) groups excluding carboxylic acids is 1. The minimum atomic E-state index is -3.74. The molecule has 1 heterocycles. The van der Waals surface area contributed by atoms with Gasteiger partial charge < -0.3 is 9.73 Å². The van der Waals surface area contributed by atoms with Crippen molar-refractivity contribution in [3.8, 4) is 0 Å². The standard InChI is InChI=1S/C18H17BrN2O4S/c1-10-15-9-13(19)5-8-16(15)25-17(10)18(22)21-11(2)12-3-6-14(7-4-12)26(20,23)24/h3-9,11H,1-2H3,(H,21,22)(H2,20,23,24). The van der Waals surface area contributed by atoms with Gasteiger partial charge in [-0.15, -0.1) is 0 Å². The third-order valence-electron chi connectivity index (χ3n) is 4.16. The highest BCUT2D eigenvalue weighted by molar-refractivity contribution is 9.10. The van der Waals surface area contributed by atoms with E-state index in [-0.39, 0.29) is 22.6 Å². The van der Waals surface area contributed by atoms with Gasteiger partial charge in [-0.05, 0) is 49.7 Å². The van der Waals surface area contributed by atoms with Crippen LogP contribution in [-0.4, -0.2) is 14.3 Å². The molecule has 3 rings (SSSR count). The maximum Gasteiger partial charge on any atom is 0.287 e. The summed E-state index contributed by atoms with van der Waals surface area (Å²) in [6.45, 7) is 3.64. The summed E-state index contributed by atoms with van der Waals surface area (Å²) in [6.07, 6.45) is 0. The molecule has 0 saturated carbocycles. The van der Waals surface area contributed by atoms with E-state index in [9.17, 15) is 13.2 Å². The van der Waals surface area contributed by atoms with E-state index in [1.54, 1.807) is 25.1 Å². The zero-order chi connectivity index (χ0) is 19.1. The van der Waals surface area contributed by atoms with Gasteiger partial charge in [0.2, 0.25) is 10.0 Å². The number of halogens is 1. The van der Waals surface area contributed by atoms with Crippen LogP contribution in [0.15, 0.2) is 56.2 Å². The summed E-state index contributed by atoms with van der Waals surface area (Å²) in [4.78, 5) is 12.6. The van der Waals surface area contributed by atoms with Crippen LogP contribution in [0.25, 0.3) is 11.0 Å². The number of nitrogens with one attached hydrogen (secondary N) is 1. The molecule has 1 atom stereocenters. The lowest BCUT2D eigenvalue weighted by Crippen LogP contribution is -2.26. The lowest BCUT2D eigenvalue weighted by molar-refractivity contribution is 0.0913. The van der Waals surface area contributed by atoms with E-state index in [1.165, 1.54) is 12.1 Å². The Morgan fingerprint density at radius 2 is 1.85 bits per heavy atom. The van der Waals surface area contributed by atoms with Gasteiger partial charge in [0.1, 0.15) is 5.58 Å². The van der Waals surface area contributed by atoms with Crippen molar-refractivity contribution in [1.82, 2.24) is 5.32 Å². The van der Waals surface area contributed by atoms with Crippen molar-refractivity contribution in [2.75, 3.05) is 0 Å². The molecule has 1 aromatic heterocycles. The molecule has 1 amide bonds. The van der Waals surface area contributed by atoms with Crippen LogP contribution in [0.5, 0.6) is 0 Å². The molecule has 0 aliphatic carbocycles. The van der Waals surface area contributed by atoms with Gasteiger partial charge in [-0.25, -0.2) is 13.6 Å². The minimum absolute atomic E-state index is 0.0264. The Morgan fingerprint density at radius 1 is 1.19 bits per heavy atom. The number of benzene rings is 2. The van der Waals surface area contributed by atoms with E-state index >= 15 is 0 Å². The Bertz CT molecular complexity index is 1090. The van der Waals surface area contributed by atoms with Crippen molar-refractivity contribution in [3.05, 3.63) is 63.8 Å². The predicted molar refractivity (Wildman–Crippen MR) is 102 cm³/mol. The fraction of sp³-hybridized carbons (Fsp3) is 0.167. The van der Waals surface area contributed by atoms with Crippen LogP contribution in [0.2, 0.25) is 0 Å². The molecule has 6 nitrogen and oxygen atoms in total. The zero-order valence-electron chi connectivity index (χ0n) is 14.1. The number of nitrogens with two attached hydrogens (primary N) is 1. The molecule has 2 aromatic carbocycles. The highest BCUT2D eigenvalue weighted by Crippen LogP contribution is 2.28. The van der Waals surface area contributed by atoms with E-state index in [0.717, 1.165) is 21.0 Å². The van der Waals surface area contributed by atoms with E-state index < -0.39 is 10.0 Å². The second kappa shape index (κ2) is 6.86. The minimum Gasteiger partial charge on any atom is -0.451 e. The Balaban J connectivity index is 1.82. The summed E-state index contributed by atoms with van der Waals surface area (Å²) < 4.78 is 29.2. The molecule has 0 bridgehead atoms. The van der Waals surface area contributed by atoms with E-state index in [0.29, 0.717) is 5.58 Å². The monoisotopic (exact) mass is 436 g/mol. The fourth-order valence-electron chi connectivity index (χ4n) is 2.70. The molecule has 136 valence electrons. The first-order valence-electron chi connectivity index (χ1n) is 7.79. The van der Waals surface area contributed by atoms with Crippen LogP contribution >= 0.6 is 15.9 Å². The van der Waals surface area contributed by atoms with Gasteiger partial charge in [-0.2, -0.15) is 0 Å². The van der Waals surface area contributed by atoms with E-state index in [2.05, 4.69) is 21.2 Å². The first kappa shape index (κ1) is 18.6. The molecule has 26 heavy (non-hydrogen) atoms. The predicted octanol–water partition coefficient (Wildman–Crippen LogP) is 3.64. The lowest BCUT2D eigenvalue weighted by Gasteiger charge is -2.14. The molecule has 0 aliphatic rings. The van der Waals surface area contributed by atoms with Crippen LogP contribution < -0.4 is 10.5 Å². The Morgan fingerprint density at radius 3 is 2.46 bits per heavy atom. The number of fused-ring (bicyclic) bond motifs is 1. The number of primary sulfonamides is 1. The molecule has 3 aromatic rings. The Kier molecular flexibility index (Phi) is 4.92. The third kappa shape index (κ3) is 3.67. The van der Waals surface area contributed by atoms with Crippen LogP contribution in [0.3, 0.4) is 0 Å². The van der Waals surface area contributed by atoms with E-state index in [1.807, 2.05) is 19.1 Å². The third-order valence-corrected chi connectivity index (χ3v) is 5.58. The summed E-state index contributed by atoms with van der Waals surface area (Å²) in [6, 6.07) is 11.3. The van der Waals surface area contributed by atoms with Gasteiger partial charge >= 0.3 is 0 Å². The second-order valence-electron chi connectivity index (χ2n) is 6.01. The van der Waals surface area contributed by atoms with Crippen molar-refractivity contribution >= 4 is 42.8 Å². The number of aryl methyl sites for hydroxylation is 1. The first-order chi connectivity index (χ1) is 12.2. The fourth-order valence-corrected chi connectivity index (χ4v) is 3.58. The molecule has 0 fully saturated rings. The van der Waals surface area contributed by atoms with Gasteiger partial charge in [-0.3, -0.25) is 4.79 Å². The molecule has 0 radical (unpaired) electrons. The highest BCUT2D eigenvalue weighted by atomic mass is 79.9. The van der Waals surface area contributed by atoms with E-state index in [4.69, 9.17) is 9.56 Å². The number of hydrogen-bond donors (Lipinski definition) is 2. The summed E-state index contributed by atoms with van der Waals surface area (Å²) >= 11 is 3.41. The average molecular weight is 437 g/mol. The van der Waals surface area contributed by atoms with Crippen molar-refractivity contribution in [2.24, 2.45) is 5.14 Å². The van der Waals surface area contributed by atoms with Crippen molar-refractivity contribution in [3.63, 3.8) is 0 Å². The highest BCUT2D eigenvalue weighted by Gasteiger charge is 2.20. The summed E-state index contributed by atoms with van der Waals surface area (Å²) in [7, 11) is -3.74. The van der Waals surface area contributed by atoms with Gasteiger partial charge in [-0.1, -0.05) is 28.1 Å². The van der Waals surface area contributed by atoms with Crippen LogP contribution in [0.1, 0.15) is 34.6 Å². The maximum absolute atomic E-state index is 12.6. The number of amides is 1. The normalized spacial score (nSPS) is 12.9. The van der Waals surface area contributed by atoms with Gasteiger partial charge in [0.05, 0.1) is 10.9 Å². The van der Waals surface area contributed by atoms with Crippen molar-refractivity contribution in [1.29, 1.82) is 0 Å². The summed E-state index contributed by atoms with van der Waals surface area (Å²) in [5.74, 6) is -0.0797. The quantitative estimate of drug-likeness (QED) is 0.651. The number of furan rings is 1. The molecular weight excluding hydrogens is 420 g/mol. The van der Waals surface area contributed by atoms with Crippen LogP contribution in [-0.2, 0) is 10.0 Å². The lowest BCUT2D eigenvalue weighted by atomic mass is 10.1. The van der Waals surface area contributed by atoms with Gasteiger partial charge in [0.25, 0.3) is 5.91 Å². The van der Waals surface area contributed by atoms with Crippen molar-refractivity contribution < 1.29 is 17.6 Å². The largest absolute Gasteiger partial charge is 0.451 e. The van der Waals surface area contributed by atoms with Crippen LogP contribution in [0, 0.1) is 6.92 Å². The first-order valence-corrected chi connectivity index (χ1v) is 10.1. The summed E-state index contributed by atoms with van der Waals surface area (Å²) in [5, 5.41) is 8.82. The number of sulfonamides is 1. The molecule has 1 unspecified atom stereocenters. The second-order valence-corrected chi connectivity index (χ2v) is 8.48.